The Morgan fingerprint density at radius 2 is 1.64 bits per heavy atom. The van der Waals surface area contributed by atoms with Crippen molar-refractivity contribution in [2.75, 3.05) is 20.2 Å². The number of hydrogen-bond donors (Lipinski definition) is 2. The maximum absolute atomic E-state index is 12.6. The standard InChI is InChI=1S/C26H30N2O5/c1-16(25(30)31)14-28(2)24(29)13-23(17-11-12-17)27-26(32)33-15-22-20-9-5-3-7-18(20)19-8-4-6-10-21(19)22/h3-10,16-17,22-23H,11-15H2,1-2H3,(H,27,32)(H,30,31). The second-order valence-electron chi connectivity index (χ2n) is 9.13. The molecule has 2 aromatic carbocycles. The van der Waals surface area contributed by atoms with Crippen molar-refractivity contribution in [1.82, 2.24) is 10.2 Å². The lowest BCUT2D eigenvalue weighted by molar-refractivity contribution is -0.142. The summed E-state index contributed by atoms with van der Waals surface area (Å²) in [5.74, 6) is -1.54. The number of alkyl carbamates (subject to hydrolysis) is 1. The summed E-state index contributed by atoms with van der Waals surface area (Å²) in [6.45, 7) is 1.93. The quantitative estimate of drug-likeness (QED) is 0.605. The Balaban J connectivity index is 1.35. The Bertz CT molecular complexity index is 1000. The number of hydrogen-bond acceptors (Lipinski definition) is 4. The molecule has 2 aliphatic carbocycles. The molecule has 174 valence electrons. The van der Waals surface area contributed by atoms with Gasteiger partial charge >= 0.3 is 12.1 Å². The van der Waals surface area contributed by atoms with E-state index in [1.165, 1.54) is 16.0 Å². The first-order valence-corrected chi connectivity index (χ1v) is 11.4. The summed E-state index contributed by atoms with van der Waals surface area (Å²) < 4.78 is 5.63. The van der Waals surface area contributed by atoms with E-state index in [2.05, 4.69) is 29.6 Å². The van der Waals surface area contributed by atoms with E-state index < -0.39 is 18.0 Å². The molecule has 0 aromatic heterocycles. The van der Waals surface area contributed by atoms with Crippen LogP contribution in [-0.2, 0) is 14.3 Å². The SMILES string of the molecule is CC(CN(C)C(=O)CC(NC(=O)OCC1c2ccccc2-c2ccccc21)C1CC1)C(=O)O. The van der Waals surface area contributed by atoms with E-state index in [9.17, 15) is 14.4 Å². The molecule has 2 aliphatic rings. The third kappa shape index (κ3) is 5.18. The molecule has 1 fully saturated rings. The van der Waals surface area contributed by atoms with E-state index >= 15 is 0 Å². The number of carboxylic acid groups (broad SMARTS) is 1. The van der Waals surface area contributed by atoms with Gasteiger partial charge in [-0.1, -0.05) is 55.5 Å². The zero-order valence-electron chi connectivity index (χ0n) is 19.0. The molecular weight excluding hydrogens is 420 g/mol. The molecule has 0 spiro atoms. The van der Waals surface area contributed by atoms with Gasteiger partial charge in [-0.25, -0.2) is 4.79 Å². The van der Waals surface area contributed by atoms with Crippen LogP contribution in [0.2, 0.25) is 0 Å². The van der Waals surface area contributed by atoms with Gasteiger partial charge in [0.15, 0.2) is 0 Å². The summed E-state index contributed by atoms with van der Waals surface area (Å²) in [6.07, 6.45) is 1.52. The summed E-state index contributed by atoms with van der Waals surface area (Å²) in [5, 5.41) is 12.0. The van der Waals surface area contributed by atoms with Crippen molar-refractivity contribution in [3.05, 3.63) is 59.7 Å². The molecule has 7 heteroatoms. The van der Waals surface area contributed by atoms with Crippen molar-refractivity contribution in [3.63, 3.8) is 0 Å². The number of carbonyl (C=O) groups excluding carboxylic acids is 2. The second-order valence-corrected chi connectivity index (χ2v) is 9.13. The number of ether oxygens (including phenoxy) is 1. The molecular formula is C26H30N2O5. The minimum atomic E-state index is -0.940. The van der Waals surface area contributed by atoms with Gasteiger partial charge in [0.05, 0.1) is 5.92 Å². The summed E-state index contributed by atoms with van der Waals surface area (Å²) in [5.41, 5.74) is 4.63. The van der Waals surface area contributed by atoms with Gasteiger partial charge in [-0.15, -0.1) is 0 Å². The zero-order valence-corrected chi connectivity index (χ0v) is 19.0. The topological polar surface area (TPSA) is 95.9 Å². The number of fused-ring (bicyclic) bond motifs is 3. The molecule has 2 aromatic rings. The van der Waals surface area contributed by atoms with Gasteiger partial charge in [-0.3, -0.25) is 9.59 Å². The minimum absolute atomic E-state index is 0.0206. The molecule has 33 heavy (non-hydrogen) atoms. The molecule has 0 heterocycles. The van der Waals surface area contributed by atoms with Crippen molar-refractivity contribution in [2.24, 2.45) is 11.8 Å². The third-order valence-corrected chi connectivity index (χ3v) is 6.63. The van der Waals surface area contributed by atoms with Gasteiger partial charge in [0.2, 0.25) is 5.91 Å². The molecule has 7 nitrogen and oxygen atoms in total. The van der Waals surface area contributed by atoms with Crippen LogP contribution in [0, 0.1) is 11.8 Å². The van der Waals surface area contributed by atoms with Crippen molar-refractivity contribution >= 4 is 18.0 Å². The second kappa shape index (κ2) is 9.65. The van der Waals surface area contributed by atoms with Gasteiger partial charge < -0.3 is 20.1 Å². The van der Waals surface area contributed by atoms with E-state index in [0.717, 1.165) is 24.0 Å². The van der Waals surface area contributed by atoms with Gasteiger partial charge in [0.25, 0.3) is 0 Å². The highest BCUT2D eigenvalue weighted by Gasteiger charge is 2.35. The van der Waals surface area contributed by atoms with Crippen LogP contribution >= 0.6 is 0 Å². The van der Waals surface area contributed by atoms with Crippen LogP contribution in [0.25, 0.3) is 11.1 Å². The van der Waals surface area contributed by atoms with Gasteiger partial charge in [-0.05, 0) is 41.0 Å². The molecule has 0 aliphatic heterocycles. The summed E-state index contributed by atoms with van der Waals surface area (Å²) >= 11 is 0. The molecule has 0 bridgehead atoms. The third-order valence-electron chi connectivity index (χ3n) is 6.63. The molecule has 4 rings (SSSR count). The summed E-state index contributed by atoms with van der Waals surface area (Å²) in [4.78, 5) is 37.7. The average Bonchev–Trinajstić information content (AvgIpc) is 3.60. The first-order valence-electron chi connectivity index (χ1n) is 11.4. The van der Waals surface area contributed by atoms with Crippen molar-refractivity contribution in [3.8, 4) is 11.1 Å². The normalized spacial score (nSPS) is 16.3. The Morgan fingerprint density at radius 1 is 1.06 bits per heavy atom. The molecule has 2 N–H and O–H groups in total. The van der Waals surface area contributed by atoms with Crippen molar-refractivity contribution < 1.29 is 24.2 Å². The Morgan fingerprint density at radius 3 is 2.18 bits per heavy atom. The number of nitrogens with zero attached hydrogens (tertiary/aromatic N) is 1. The lowest BCUT2D eigenvalue weighted by atomic mass is 9.98. The maximum atomic E-state index is 12.6. The maximum Gasteiger partial charge on any atom is 0.407 e. The van der Waals surface area contributed by atoms with Crippen LogP contribution in [0.3, 0.4) is 0 Å². The van der Waals surface area contributed by atoms with Crippen LogP contribution < -0.4 is 5.32 Å². The summed E-state index contributed by atoms with van der Waals surface area (Å²) in [6, 6.07) is 16.0. The first-order chi connectivity index (χ1) is 15.8. The molecule has 0 saturated heterocycles. The highest BCUT2D eigenvalue weighted by molar-refractivity contribution is 5.80. The number of carbonyl (C=O) groups is 3. The number of nitrogens with one attached hydrogen (secondary N) is 1. The predicted molar refractivity (Wildman–Crippen MR) is 124 cm³/mol. The van der Waals surface area contributed by atoms with Gasteiger partial charge in [0.1, 0.15) is 6.61 Å². The van der Waals surface area contributed by atoms with Crippen LogP contribution in [0.1, 0.15) is 43.2 Å². The van der Waals surface area contributed by atoms with Crippen LogP contribution in [0.5, 0.6) is 0 Å². The lowest BCUT2D eigenvalue weighted by Crippen LogP contribution is -2.42. The van der Waals surface area contributed by atoms with Gasteiger partial charge in [-0.2, -0.15) is 0 Å². The van der Waals surface area contributed by atoms with Crippen LogP contribution in [0.15, 0.2) is 48.5 Å². The van der Waals surface area contributed by atoms with E-state index in [1.54, 1.807) is 14.0 Å². The minimum Gasteiger partial charge on any atom is -0.481 e. The van der Waals surface area contributed by atoms with Crippen LogP contribution in [0.4, 0.5) is 4.79 Å². The fourth-order valence-corrected chi connectivity index (χ4v) is 4.56. The Hall–Kier alpha value is -3.35. The smallest absolute Gasteiger partial charge is 0.407 e. The zero-order chi connectivity index (χ0) is 23.5. The van der Waals surface area contributed by atoms with Crippen molar-refractivity contribution in [2.45, 2.75) is 38.1 Å². The predicted octanol–water partition coefficient (Wildman–Crippen LogP) is 3.87. The highest BCUT2D eigenvalue weighted by Crippen LogP contribution is 2.44. The van der Waals surface area contributed by atoms with E-state index in [1.807, 2.05) is 24.3 Å². The molecule has 1 saturated carbocycles. The Labute approximate surface area is 193 Å². The molecule has 0 radical (unpaired) electrons. The van der Waals surface area contributed by atoms with E-state index in [0.29, 0.717) is 0 Å². The molecule has 2 atom stereocenters. The fourth-order valence-electron chi connectivity index (χ4n) is 4.56. The fraction of sp³-hybridized carbons (Fsp3) is 0.423. The molecule has 2 amide bonds. The monoisotopic (exact) mass is 450 g/mol. The lowest BCUT2D eigenvalue weighted by Gasteiger charge is -2.24. The molecule has 2 unspecified atom stereocenters. The number of benzene rings is 2. The van der Waals surface area contributed by atoms with E-state index in [-0.39, 0.29) is 43.4 Å². The number of amides is 2. The number of rotatable bonds is 9. The first kappa shape index (κ1) is 22.8. The average molecular weight is 451 g/mol. The number of aliphatic carboxylic acids is 1. The van der Waals surface area contributed by atoms with Crippen molar-refractivity contribution in [1.29, 1.82) is 0 Å². The van der Waals surface area contributed by atoms with Crippen LogP contribution in [-0.4, -0.2) is 54.2 Å². The number of carboxylic acids is 1. The van der Waals surface area contributed by atoms with Gasteiger partial charge in [0, 0.05) is 32.0 Å². The van der Waals surface area contributed by atoms with E-state index in [4.69, 9.17) is 9.84 Å². The Kier molecular flexibility index (Phi) is 6.67. The summed E-state index contributed by atoms with van der Waals surface area (Å²) in [7, 11) is 1.60. The highest BCUT2D eigenvalue weighted by atomic mass is 16.5. The largest absolute Gasteiger partial charge is 0.481 e.